The highest BCUT2D eigenvalue weighted by atomic mass is 79.9. The van der Waals surface area contributed by atoms with Gasteiger partial charge in [0.15, 0.2) is 5.11 Å². The number of rotatable bonds is 4. The van der Waals surface area contributed by atoms with Crippen molar-refractivity contribution in [2.75, 3.05) is 11.4 Å². The number of nitrogens with one attached hydrogen (secondary N) is 1. The normalized spacial score (nSPS) is 19.8. The van der Waals surface area contributed by atoms with E-state index >= 15 is 0 Å². The monoisotopic (exact) mass is 536 g/mol. The van der Waals surface area contributed by atoms with Crippen molar-refractivity contribution in [1.29, 1.82) is 0 Å². The molecule has 1 atom stereocenters. The summed E-state index contributed by atoms with van der Waals surface area (Å²) >= 11 is 9.00. The second-order valence-corrected chi connectivity index (χ2v) is 10.1. The van der Waals surface area contributed by atoms with E-state index in [9.17, 15) is 9.59 Å². The Kier molecular flexibility index (Phi) is 6.27. The van der Waals surface area contributed by atoms with Gasteiger partial charge in [0, 0.05) is 39.7 Å². The summed E-state index contributed by atoms with van der Waals surface area (Å²) in [5.74, 6) is -0.0805. The van der Waals surface area contributed by atoms with Gasteiger partial charge in [-0.25, -0.2) is 0 Å². The number of thiocarbonyl (C=S) groups is 1. The third kappa shape index (κ3) is 4.28. The maximum absolute atomic E-state index is 13.2. The van der Waals surface area contributed by atoms with E-state index in [1.54, 1.807) is 0 Å². The lowest BCUT2D eigenvalue weighted by Gasteiger charge is -2.33. The number of carbonyl (C=O) groups excluding carboxylic acids is 2. The van der Waals surface area contributed by atoms with Gasteiger partial charge >= 0.3 is 0 Å². The number of aromatic nitrogens is 1. The van der Waals surface area contributed by atoms with Crippen molar-refractivity contribution < 1.29 is 9.59 Å². The van der Waals surface area contributed by atoms with Gasteiger partial charge in [0.1, 0.15) is 12.2 Å². The first-order chi connectivity index (χ1) is 16.4. The molecule has 174 valence electrons. The van der Waals surface area contributed by atoms with Crippen LogP contribution in [0.1, 0.15) is 31.7 Å². The van der Waals surface area contributed by atoms with Gasteiger partial charge in [-0.3, -0.25) is 14.5 Å². The van der Waals surface area contributed by atoms with Crippen LogP contribution in [0.4, 0.5) is 5.69 Å². The number of para-hydroxylation sites is 1. The quantitative estimate of drug-likeness (QED) is 0.373. The molecule has 0 spiro atoms. The molecule has 2 fully saturated rings. The topological polar surface area (TPSA) is 57.6 Å². The SMILES string of the molecule is C[C@H]1CCCCN1C(=O)Cn1cc(/C=C2\NC(=S)N(c3ccccc3)C2=O)c2cc(Br)ccc21. The van der Waals surface area contributed by atoms with E-state index in [4.69, 9.17) is 12.2 Å². The number of nitrogens with zero attached hydrogens (tertiary/aromatic N) is 3. The molecule has 2 amide bonds. The van der Waals surface area contributed by atoms with Gasteiger partial charge in [-0.1, -0.05) is 34.1 Å². The van der Waals surface area contributed by atoms with Crippen LogP contribution in [0.25, 0.3) is 17.0 Å². The molecule has 2 aliphatic rings. The predicted molar refractivity (Wildman–Crippen MR) is 142 cm³/mol. The number of carbonyl (C=O) groups is 2. The van der Waals surface area contributed by atoms with Crippen molar-refractivity contribution in [2.45, 2.75) is 38.8 Å². The number of amides is 2. The fourth-order valence-electron chi connectivity index (χ4n) is 4.75. The Balaban J connectivity index is 1.49. The molecule has 0 aliphatic carbocycles. The van der Waals surface area contributed by atoms with Crippen LogP contribution < -0.4 is 10.2 Å². The van der Waals surface area contributed by atoms with E-state index in [2.05, 4.69) is 28.2 Å². The third-order valence-electron chi connectivity index (χ3n) is 6.50. The fraction of sp³-hybridized carbons (Fsp3) is 0.269. The number of anilines is 1. The predicted octanol–water partition coefficient (Wildman–Crippen LogP) is 5.07. The summed E-state index contributed by atoms with van der Waals surface area (Å²) in [7, 11) is 0. The minimum Gasteiger partial charge on any atom is -0.338 e. The minimum atomic E-state index is -0.203. The van der Waals surface area contributed by atoms with Gasteiger partial charge < -0.3 is 14.8 Å². The molecule has 2 saturated heterocycles. The van der Waals surface area contributed by atoms with Gasteiger partial charge in [0.25, 0.3) is 5.91 Å². The lowest BCUT2D eigenvalue weighted by molar-refractivity contribution is -0.135. The Labute approximate surface area is 212 Å². The Hall–Kier alpha value is -2.97. The van der Waals surface area contributed by atoms with Crippen molar-refractivity contribution in [3.63, 3.8) is 0 Å². The summed E-state index contributed by atoms with van der Waals surface area (Å²) in [6.45, 7) is 3.20. The Morgan fingerprint density at radius 2 is 2.00 bits per heavy atom. The second kappa shape index (κ2) is 9.35. The van der Waals surface area contributed by atoms with Crippen molar-refractivity contribution in [3.8, 4) is 0 Å². The Morgan fingerprint density at radius 3 is 2.76 bits per heavy atom. The van der Waals surface area contributed by atoms with Crippen molar-refractivity contribution in [3.05, 3.63) is 70.5 Å². The molecule has 34 heavy (non-hydrogen) atoms. The van der Waals surface area contributed by atoms with Crippen LogP contribution >= 0.6 is 28.1 Å². The first-order valence-corrected chi connectivity index (χ1v) is 12.6. The number of hydrogen-bond acceptors (Lipinski definition) is 3. The average Bonchev–Trinajstić information content (AvgIpc) is 3.30. The molecule has 2 aromatic carbocycles. The Morgan fingerprint density at radius 1 is 1.21 bits per heavy atom. The number of piperidine rings is 1. The van der Waals surface area contributed by atoms with Crippen molar-refractivity contribution in [1.82, 2.24) is 14.8 Å². The maximum atomic E-state index is 13.2. The zero-order chi connectivity index (χ0) is 23.8. The lowest BCUT2D eigenvalue weighted by Crippen LogP contribution is -2.43. The van der Waals surface area contributed by atoms with Crippen LogP contribution in [-0.4, -0.2) is 39.0 Å². The molecular formula is C26H25BrN4O2S. The summed E-state index contributed by atoms with van der Waals surface area (Å²) in [5.41, 5.74) is 2.93. The molecule has 3 heterocycles. The number of halogens is 1. The van der Waals surface area contributed by atoms with E-state index in [1.807, 2.05) is 70.3 Å². The van der Waals surface area contributed by atoms with Gasteiger partial charge in [-0.15, -0.1) is 0 Å². The second-order valence-electron chi connectivity index (χ2n) is 8.77. The molecule has 0 unspecified atom stereocenters. The van der Waals surface area contributed by atoms with Crippen LogP contribution in [-0.2, 0) is 16.1 Å². The molecule has 5 rings (SSSR count). The molecule has 8 heteroatoms. The molecule has 0 radical (unpaired) electrons. The molecule has 0 bridgehead atoms. The molecule has 6 nitrogen and oxygen atoms in total. The van der Waals surface area contributed by atoms with Crippen molar-refractivity contribution >= 4 is 67.7 Å². The summed E-state index contributed by atoms with van der Waals surface area (Å²) in [4.78, 5) is 29.8. The molecule has 2 aliphatic heterocycles. The summed E-state index contributed by atoms with van der Waals surface area (Å²) in [6.07, 6.45) is 7.04. The van der Waals surface area contributed by atoms with E-state index in [1.165, 1.54) is 11.3 Å². The van der Waals surface area contributed by atoms with Crippen LogP contribution in [0.15, 0.2) is 64.9 Å². The minimum absolute atomic E-state index is 0.123. The van der Waals surface area contributed by atoms with Crippen LogP contribution in [0.5, 0.6) is 0 Å². The average molecular weight is 537 g/mol. The Bertz CT molecular complexity index is 1320. The van der Waals surface area contributed by atoms with E-state index in [0.29, 0.717) is 10.8 Å². The standard InChI is InChI=1S/C26H25BrN4O2S/c1-17-7-5-6-12-30(17)24(32)16-29-15-18(21-14-19(27)10-11-23(21)29)13-22-25(33)31(26(34)28-22)20-8-3-2-4-9-20/h2-4,8-11,13-15,17H,5-7,12,16H2,1H3,(H,28,34)/b22-13-/t17-/m0/s1. The molecule has 0 saturated carbocycles. The van der Waals surface area contributed by atoms with Gasteiger partial charge in [-0.2, -0.15) is 0 Å². The highest BCUT2D eigenvalue weighted by Crippen LogP contribution is 2.29. The lowest BCUT2D eigenvalue weighted by atomic mass is 10.0. The first-order valence-electron chi connectivity index (χ1n) is 11.4. The molecular weight excluding hydrogens is 512 g/mol. The summed E-state index contributed by atoms with van der Waals surface area (Å²) in [5, 5.41) is 4.37. The highest BCUT2D eigenvalue weighted by molar-refractivity contribution is 9.10. The van der Waals surface area contributed by atoms with Crippen LogP contribution in [0.2, 0.25) is 0 Å². The summed E-state index contributed by atoms with van der Waals surface area (Å²) < 4.78 is 2.91. The number of benzene rings is 2. The third-order valence-corrected chi connectivity index (χ3v) is 7.27. The number of likely N-dealkylation sites (tertiary alicyclic amines) is 1. The van der Waals surface area contributed by atoms with Crippen molar-refractivity contribution in [2.24, 2.45) is 0 Å². The zero-order valence-corrected chi connectivity index (χ0v) is 21.2. The van der Waals surface area contributed by atoms with Crippen LogP contribution in [0, 0.1) is 0 Å². The van der Waals surface area contributed by atoms with Crippen LogP contribution in [0.3, 0.4) is 0 Å². The first kappa shape index (κ1) is 22.8. The van der Waals surface area contributed by atoms with Gasteiger partial charge in [0.05, 0.1) is 5.69 Å². The van der Waals surface area contributed by atoms with E-state index < -0.39 is 0 Å². The maximum Gasteiger partial charge on any atom is 0.281 e. The largest absolute Gasteiger partial charge is 0.338 e. The molecule has 1 aromatic heterocycles. The van der Waals surface area contributed by atoms with Gasteiger partial charge in [-0.05, 0) is 74.8 Å². The fourth-order valence-corrected chi connectivity index (χ4v) is 5.41. The van der Waals surface area contributed by atoms with E-state index in [0.717, 1.165) is 46.0 Å². The molecule has 1 N–H and O–H groups in total. The van der Waals surface area contributed by atoms with E-state index in [-0.39, 0.29) is 24.4 Å². The van der Waals surface area contributed by atoms with Gasteiger partial charge in [0.2, 0.25) is 5.91 Å². The number of fused-ring (bicyclic) bond motifs is 1. The number of hydrogen-bond donors (Lipinski definition) is 1. The smallest absolute Gasteiger partial charge is 0.281 e. The molecule has 3 aromatic rings. The summed E-state index contributed by atoms with van der Waals surface area (Å²) in [6, 6.07) is 15.6. The highest BCUT2D eigenvalue weighted by Gasteiger charge is 2.32. The zero-order valence-electron chi connectivity index (χ0n) is 18.8.